The molecule has 0 radical (unpaired) electrons. The number of nitrogens with one attached hydrogen (secondary N) is 1. The molecule has 1 amide bonds. The second-order valence-corrected chi connectivity index (χ2v) is 5.61. The van der Waals surface area contributed by atoms with Crippen LogP contribution in [0.4, 0.5) is 0 Å². The molecule has 4 heteroatoms. The lowest BCUT2D eigenvalue weighted by molar-refractivity contribution is 0.0933. The number of hydrogen-bond acceptors (Lipinski definition) is 2. The quantitative estimate of drug-likeness (QED) is 0.854. The van der Waals surface area contributed by atoms with Crippen molar-refractivity contribution in [2.24, 2.45) is 7.05 Å². The van der Waals surface area contributed by atoms with Crippen molar-refractivity contribution in [3.05, 3.63) is 59.4 Å². The van der Waals surface area contributed by atoms with Gasteiger partial charge in [0.1, 0.15) is 0 Å². The van der Waals surface area contributed by atoms with Crippen molar-refractivity contribution in [1.82, 2.24) is 9.88 Å². The number of methoxy groups -OCH3 is 1. The van der Waals surface area contributed by atoms with Crippen LogP contribution in [0, 0.1) is 0 Å². The van der Waals surface area contributed by atoms with Gasteiger partial charge in [0.05, 0.1) is 6.61 Å². The fourth-order valence-corrected chi connectivity index (χ4v) is 2.52. The number of aromatic nitrogens is 1. The monoisotopic (exact) mass is 300 g/mol. The van der Waals surface area contributed by atoms with E-state index in [9.17, 15) is 4.79 Å². The molecule has 0 aliphatic carbocycles. The maximum atomic E-state index is 12.4. The van der Waals surface area contributed by atoms with Crippen molar-refractivity contribution >= 4 is 5.91 Å². The standard InChI is InChI=1S/C18H24N2O2/c1-14(10-11-16-8-6-12-20(16)2)19-18(21)17-9-5-4-7-15(17)13-22-3/h4-9,12,14H,10-11,13H2,1-3H3,(H,19,21)/t14-/m1/s1. The zero-order valence-electron chi connectivity index (χ0n) is 13.5. The van der Waals surface area contributed by atoms with Crippen LogP contribution < -0.4 is 5.32 Å². The van der Waals surface area contributed by atoms with Gasteiger partial charge in [-0.05, 0) is 43.5 Å². The van der Waals surface area contributed by atoms with Crippen molar-refractivity contribution in [3.63, 3.8) is 0 Å². The molecular weight excluding hydrogens is 276 g/mol. The normalized spacial score (nSPS) is 12.1. The lowest BCUT2D eigenvalue weighted by Crippen LogP contribution is -2.33. The SMILES string of the molecule is COCc1ccccc1C(=O)N[C@H](C)CCc1cccn1C. The second-order valence-electron chi connectivity index (χ2n) is 5.61. The molecule has 0 aliphatic heterocycles. The number of carbonyl (C=O) groups is 1. The summed E-state index contributed by atoms with van der Waals surface area (Å²) in [6.07, 6.45) is 3.90. The Balaban J connectivity index is 1.92. The number of ether oxygens (including phenoxy) is 1. The topological polar surface area (TPSA) is 43.3 Å². The Bertz CT molecular complexity index is 619. The highest BCUT2D eigenvalue weighted by Crippen LogP contribution is 2.11. The van der Waals surface area contributed by atoms with Gasteiger partial charge in [-0.1, -0.05) is 18.2 Å². The Hall–Kier alpha value is -2.07. The maximum Gasteiger partial charge on any atom is 0.251 e. The number of rotatable bonds is 7. The highest BCUT2D eigenvalue weighted by Gasteiger charge is 2.13. The Morgan fingerprint density at radius 3 is 2.73 bits per heavy atom. The predicted octanol–water partition coefficient (Wildman–Crippen LogP) is 2.92. The third kappa shape index (κ3) is 4.21. The smallest absolute Gasteiger partial charge is 0.251 e. The molecule has 118 valence electrons. The first-order valence-electron chi connectivity index (χ1n) is 7.59. The van der Waals surface area contributed by atoms with Crippen LogP contribution in [0.5, 0.6) is 0 Å². The Labute approximate surface area is 132 Å². The number of aryl methyl sites for hydroxylation is 2. The van der Waals surface area contributed by atoms with E-state index in [0.717, 1.165) is 18.4 Å². The summed E-state index contributed by atoms with van der Waals surface area (Å²) in [5.41, 5.74) is 2.88. The molecule has 1 heterocycles. The molecular formula is C18H24N2O2. The molecule has 22 heavy (non-hydrogen) atoms. The molecule has 0 fully saturated rings. The highest BCUT2D eigenvalue weighted by atomic mass is 16.5. The molecule has 2 rings (SSSR count). The van der Waals surface area contributed by atoms with Gasteiger partial charge >= 0.3 is 0 Å². The van der Waals surface area contributed by atoms with E-state index >= 15 is 0 Å². The molecule has 4 nitrogen and oxygen atoms in total. The zero-order valence-corrected chi connectivity index (χ0v) is 13.5. The second kappa shape index (κ2) is 7.80. The molecule has 0 spiro atoms. The van der Waals surface area contributed by atoms with Gasteiger partial charge in [0.2, 0.25) is 0 Å². The van der Waals surface area contributed by atoms with Crippen LogP contribution in [0.3, 0.4) is 0 Å². The minimum atomic E-state index is -0.0352. The van der Waals surface area contributed by atoms with Gasteiger partial charge in [0.15, 0.2) is 0 Å². The number of hydrogen-bond donors (Lipinski definition) is 1. The summed E-state index contributed by atoms with van der Waals surface area (Å²) in [7, 11) is 3.68. The predicted molar refractivity (Wildman–Crippen MR) is 87.8 cm³/mol. The average molecular weight is 300 g/mol. The van der Waals surface area contributed by atoms with E-state index in [1.54, 1.807) is 7.11 Å². The summed E-state index contributed by atoms with van der Waals surface area (Å²) in [5, 5.41) is 3.07. The highest BCUT2D eigenvalue weighted by molar-refractivity contribution is 5.95. The maximum absolute atomic E-state index is 12.4. The van der Waals surface area contributed by atoms with E-state index < -0.39 is 0 Å². The molecule has 1 atom stereocenters. The first-order chi connectivity index (χ1) is 10.6. The van der Waals surface area contributed by atoms with E-state index in [1.807, 2.05) is 50.5 Å². The first kappa shape index (κ1) is 16.3. The average Bonchev–Trinajstić information content (AvgIpc) is 2.91. The number of nitrogens with zero attached hydrogens (tertiary/aromatic N) is 1. The third-order valence-corrected chi connectivity index (χ3v) is 3.82. The van der Waals surface area contributed by atoms with E-state index in [1.165, 1.54) is 5.69 Å². The van der Waals surface area contributed by atoms with E-state index in [-0.39, 0.29) is 11.9 Å². The molecule has 0 unspecified atom stereocenters. The van der Waals surface area contributed by atoms with Crippen LogP contribution in [0.15, 0.2) is 42.6 Å². The fraction of sp³-hybridized carbons (Fsp3) is 0.389. The van der Waals surface area contributed by atoms with Crippen molar-refractivity contribution in [2.45, 2.75) is 32.4 Å². The number of benzene rings is 1. The fourth-order valence-electron chi connectivity index (χ4n) is 2.52. The van der Waals surface area contributed by atoms with Crippen LogP contribution in [0.25, 0.3) is 0 Å². The van der Waals surface area contributed by atoms with Crippen molar-refractivity contribution in [3.8, 4) is 0 Å². The number of carbonyl (C=O) groups excluding carboxylic acids is 1. The van der Waals surface area contributed by atoms with E-state index in [4.69, 9.17) is 4.74 Å². The summed E-state index contributed by atoms with van der Waals surface area (Å²) in [6, 6.07) is 11.8. The summed E-state index contributed by atoms with van der Waals surface area (Å²) < 4.78 is 7.26. The van der Waals surface area contributed by atoms with Crippen molar-refractivity contribution < 1.29 is 9.53 Å². The van der Waals surface area contributed by atoms with Gasteiger partial charge in [-0.2, -0.15) is 0 Å². The van der Waals surface area contributed by atoms with Crippen molar-refractivity contribution in [2.75, 3.05) is 7.11 Å². The Morgan fingerprint density at radius 1 is 1.27 bits per heavy atom. The summed E-state index contributed by atoms with van der Waals surface area (Å²) in [6.45, 7) is 2.49. The lowest BCUT2D eigenvalue weighted by atomic mass is 10.1. The molecule has 0 aliphatic rings. The molecule has 2 aromatic rings. The molecule has 1 aromatic heterocycles. The van der Waals surface area contributed by atoms with Crippen LogP contribution in [-0.4, -0.2) is 23.6 Å². The lowest BCUT2D eigenvalue weighted by Gasteiger charge is -2.16. The van der Waals surface area contributed by atoms with Crippen LogP contribution in [0.2, 0.25) is 0 Å². The Kier molecular flexibility index (Phi) is 5.78. The minimum absolute atomic E-state index is 0.0352. The van der Waals surface area contributed by atoms with E-state index in [0.29, 0.717) is 12.2 Å². The largest absolute Gasteiger partial charge is 0.380 e. The van der Waals surface area contributed by atoms with Crippen molar-refractivity contribution in [1.29, 1.82) is 0 Å². The van der Waals surface area contributed by atoms with Crippen LogP contribution >= 0.6 is 0 Å². The number of amides is 1. The zero-order chi connectivity index (χ0) is 15.9. The molecule has 1 aromatic carbocycles. The Morgan fingerprint density at radius 2 is 2.05 bits per heavy atom. The minimum Gasteiger partial charge on any atom is -0.380 e. The van der Waals surface area contributed by atoms with Gasteiger partial charge in [-0.25, -0.2) is 0 Å². The van der Waals surface area contributed by atoms with Gasteiger partial charge in [-0.3, -0.25) is 4.79 Å². The van der Waals surface area contributed by atoms with Gasteiger partial charge in [0, 0.05) is 37.7 Å². The summed E-state index contributed by atoms with van der Waals surface area (Å²) >= 11 is 0. The third-order valence-electron chi connectivity index (χ3n) is 3.82. The van der Waals surface area contributed by atoms with Gasteiger partial charge in [-0.15, -0.1) is 0 Å². The summed E-state index contributed by atoms with van der Waals surface area (Å²) in [4.78, 5) is 12.4. The summed E-state index contributed by atoms with van der Waals surface area (Å²) in [5.74, 6) is -0.0352. The van der Waals surface area contributed by atoms with Gasteiger partial charge < -0.3 is 14.6 Å². The molecule has 1 N–H and O–H groups in total. The molecule has 0 bridgehead atoms. The van der Waals surface area contributed by atoms with Crippen LogP contribution in [-0.2, 0) is 24.8 Å². The molecule has 0 saturated heterocycles. The first-order valence-corrected chi connectivity index (χ1v) is 7.59. The van der Waals surface area contributed by atoms with E-state index in [2.05, 4.69) is 16.0 Å². The van der Waals surface area contributed by atoms with Gasteiger partial charge in [0.25, 0.3) is 5.91 Å². The molecule has 0 saturated carbocycles. The van der Waals surface area contributed by atoms with Crippen LogP contribution in [0.1, 0.15) is 35.0 Å².